The Labute approximate surface area is 147 Å². The molecule has 0 aromatic heterocycles. The zero-order chi connectivity index (χ0) is 15.7. The smallest absolute Gasteiger partial charge is 0.255 e. The molecular weight excluding hydrogens is 403 g/mol. The van der Waals surface area contributed by atoms with Gasteiger partial charge < -0.3 is 15.4 Å². The highest BCUT2D eigenvalue weighted by atomic mass is 127. The first-order valence-corrected chi connectivity index (χ1v) is 6.93. The Morgan fingerprint density at radius 1 is 1.23 bits per heavy atom. The Morgan fingerprint density at radius 3 is 2.36 bits per heavy atom. The van der Waals surface area contributed by atoms with Gasteiger partial charge in [-0.25, -0.2) is 8.78 Å². The molecule has 0 saturated carbocycles. The van der Waals surface area contributed by atoms with Crippen LogP contribution >= 0.6 is 24.0 Å². The van der Waals surface area contributed by atoms with Crippen LogP contribution in [0.25, 0.3) is 0 Å². The summed E-state index contributed by atoms with van der Waals surface area (Å²) in [4.78, 5) is 3.90. The van der Waals surface area contributed by atoms with Gasteiger partial charge in [0.15, 0.2) is 5.96 Å². The van der Waals surface area contributed by atoms with Gasteiger partial charge in [0.25, 0.3) is 6.43 Å². The first-order valence-electron chi connectivity index (χ1n) is 6.93. The van der Waals surface area contributed by atoms with Crippen molar-refractivity contribution in [2.24, 2.45) is 4.99 Å². The molecule has 0 aliphatic rings. The maximum absolute atomic E-state index is 12.1. The fourth-order valence-electron chi connectivity index (χ4n) is 1.90. The summed E-state index contributed by atoms with van der Waals surface area (Å²) in [6, 6.07) is 7.94. The van der Waals surface area contributed by atoms with Crippen molar-refractivity contribution in [3.8, 4) is 5.75 Å². The van der Waals surface area contributed by atoms with E-state index in [0.29, 0.717) is 18.4 Å². The molecule has 1 aromatic carbocycles. The SMILES string of the molecule is CN=C(NCCC(C)c1ccc(OC)cc1)NCC(F)F.I. The summed E-state index contributed by atoms with van der Waals surface area (Å²) in [5, 5.41) is 5.60. The van der Waals surface area contributed by atoms with Gasteiger partial charge in [0.2, 0.25) is 0 Å². The average molecular weight is 427 g/mol. The first kappa shape index (κ1) is 20.9. The number of aliphatic imine (C=N–C) groups is 1. The van der Waals surface area contributed by atoms with Gasteiger partial charge in [-0.1, -0.05) is 19.1 Å². The molecular formula is C15H24F2IN3O. The minimum Gasteiger partial charge on any atom is -0.497 e. The summed E-state index contributed by atoms with van der Waals surface area (Å²) >= 11 is 0. The Bertz CT molecular complexity index is 441. The van der Waals surface area contributed by atoms with Crippen molar-refractivity contribution in [3.05, 3.63) is 29.8 Å². The number of hydrogen-bond donors (Lipinski definition) is 2. The van der Waals surface area contributed by atoms with Crippen LogP contribution in [-0.4, -0.2) is 39.6 Å². The number of halogens is 3. The number of alkyl halides is 2. The molecule has 0 bridgehead atoms. The van der Waals surface area contributed by atoms with Gasteiger partial charge in [-0.05, 0) is 30.0 Å². The summed E-state index contributed by atoms with van der Waals surface area (Å²) in [6.07, 6.45) is -1.51. The van der Waals surface area contributed by atoms with Crippen LogP contribution in [0.2, 0.25) is 0 Å². The van der Waals surface area contributed by atoms with Gasteiger partial charge in [-0.15, -0.1) is 24.0 Å². The van der Waals surface area contributed by atoms with E-state index in [1.165, 1.54) is 5.56 Å². The third kappa shape index (κ3) is 7.77. The number of methoxy groups -OCH3 is 1. The number of guanidine groups is 1. The van der Waals surface area contributed by atoms with E-state index in [1.54, 1.807) is 14.2 Å². The van der Waals surface area contributed by atoms with Crippen LogP contribution in [-0.2, 0) is 0 Å². The molecule has 0 heterocycles. The van der Waals surface area contributed by atoms with Gasteiger partial charge in [0, 0.05) is 13.6 Å². The minimum atomic E-state index is -2.39. The summed E-state index contributed by atoms with van der Waals surface area (Å²) in [6.45, 7) is 2.39. The molecule has 0 saturated heterocycles. The van der Waals surface area contributed by atoms with E-state index < -0.39 is 13.0 Å². The predicted molar refractivity (Wildman–Crippen MR) is 96.8 cm³/mol. The molecule has 7 heteroatoms. The van der Waals surface area contributed by atoms with Gasteiger partial charge >= 0.3 is 0 Å². The number of nitrogens with one attached hydrogen (secondary N) is 2. The number of hydrogen-bond acceptors (Lipinski definition) is 2. The van der Waals surface area contributed by atoms with Crippen molar-refractivity contribution in [3.63, 3.8) is 0 Å². The van der Waals surface area contributed by atoms with Crippen molar-refractivity contribution in [2.45, 2.75) is 25.7 Å². The molecule has 1 unspecified atom stereocenters. The standard InChI is InChI=1S/C15H23F2N3O.HI/c1-11(12-4-6-13(21-3)7-5-12)8-9-19-15(18-2)20-10-14(16)17;/h4-7,11,14H,8-10H2,1-3H3,(H2,18,19,20);1H. The minimum absolute atomic E-state index is 0. The van der Waals surface area contributed by atoms with E-state index in [0.717, 1.165) is 12.2 Å². The molecule has 126 valence electrons. The largest absolute Gasteiger partial charge is 0.497 e. The van der Waals surface area contributed by atoms with E-state index in [2.05, 4.69) is 22.5 Å². The van der Waals surface area contributed by atoms with E-state index in [4.69, 9.17) is 4.74 Å². The van der Waals surface area contributed by atoms with Gasteiger partial charge in [0.05, 0.1) is 13.7 Å². The summed E-state index contributed by atoms with van der Waals surface area (Å²) < 4.78 is 29.3. The van der Waals surface area contributed by atoms with Crippen LogP contribution in [0.15, 0.2) is 29.3 Å². The second-order valence-corrected chi connectivity index (χ2v) is 4.73. The molecule has 2 N–H and O–H groups in total. The number of nitrogens with zero attached hydrogens (tertiary/aromatic N) is 1. The zero-order valence-electron chi connectivity index (χ0n) is 13.1. The van der Waals surface area contributed by atoms with Crippen molar-refractivity contribution in [1.29, 1.82) is 0 Å². The van der Waals surface area contributed by atoms with Crippen LogP contribution in [0.5, 0.6) is 5.75 Å². The fourth-order valence-corrected chi connectivity index (χ4v) is 1.90. The van der Waals surface area contributed by atoms with Crippen LogP contribution in [0.4, 0.5) is 8.78 Å². The summed E-state index contributed by atoms with van der Waals surface area (Å²) in [5.41, 5.74) is 1.22. The number of benzene rings is 1. The molecule has 0 aliphatic carbocycles. The zero-order valence-corrected chi connectivity index (χ0v) is 15.4. The lowest BCUT2D eigenvalue weighted by Crippen LogP contribution is -2.40. The molecule has 1 atom stereocenters. The second-order valence-electron chi connectivity index (χ2n) is 4.73. The highest BCUT2D eigenvalue weighted by Gasteiger charge is 2.07. The van der Waals surface area contributed by atoms with Gasteiger partial charge in [-0.2, -0.15) is 0 Å². The van der Waals surface area contributed by atoms with Crippen LogP contribution in [0, 0.1) is 0 Å². The highest BCUT2D eigenvalue weighted by molar-refractivity contribution is 14.0. The maximum atomic E-state index is 12.1. The molecule has 0 amide bonds. The van der Waals surface area contributed by atoms with E-state index in [1.807, 2.05) is 24.3 Å². The molecule has 0 spiro atoms. The van der Waals surface area contributed by atoms with Crippen LogP contribution in [0.3, 0.4) is 0 Å². The molecule has 1 aromatic rings. The lowest BCUT2D eigenvalue weighted by molar-refractivity contribution is 0.152. The van der Waals surface area contributed by atoms with Crippen LogP contribution < -0.4 is 15.4 Å². The van der Waals surface area contributed by atoms with E-state index >= 15 is 0 Å². The average Bonchev–Trinajstić information content (AvgIpc) is 2.50. The Hall–Kier alpha value is -1.12. The van der Waals surface area contributed by atoms with Crippen molar-refractivity contribution in [1.82, 2.24) is 10.6 Å². The maximum Gasteiger partial charge on any atom is 0.255 e. The van der Waals surface area contributed by atoms with Crippen molar-refractivity contribution in [2.75, 3.05) is 27.2 Å². The van der Waals surface area contributed by atoms with Gasteiger partial charge in [-0.3, -0.25) is 4.99 Å². The molecule has 1 rings (SSSR count). The number of rotatable bonds is 7. The molecule has 0 aliphatic heterocycles. The van der Waals surface area contributed by atoms with Crippen molar-refractivity contribution < 1.29 is 13.5 Å². The fraction of sp³-hybridized carbons (Fsp3) is 0.533. The number of ether oxygens (including phenoxy) is 1. The Morgan fingerprint density at radius 2 is 1.86 bits per heavy atom. The highest BCUT2D eigenvalue weighted by Crippen LogP contribution is 2.21. The third-order valence-electron chi connectivity index (χ3n) is 3.20. The molecule has 22 heavy (non-hydrogen) atoms. The molecule has 0 fully saturated rings. The van der Waals surface area contributed by atoms with Crippen molar-refractivity contribution >= 4 is 29.9 Å². The van der Waals surface area contributed by atoms with Gasteiger partial charge in [0.1, 0.15) is 5.75 Å². The second kappa shape index (κ2) is 11.4. The quantitative estimate of drug-likeness (QED) is 0.399. The lowest BCUT2D eigenvalue weighted by atomic mass is 9.98. The topological polar surface area (TPSA) is 45.7 Å². The monoisotopic (exact) mass is 427 g/mol. The predicted octanol–water partition coefficient (Wildman–Crippen LogP) is 3.24. The molecule has 4 nitrogen and oxygen atoms in total. The summed E-state index contributed by atoms with van der Waals surface area (Å²) in [5.74, 6) is 1.59. The van der Waals surface area contributed by atoms with E-state index in [-0.39, 0.29) is 24.0 Å². The Kier molecular flexibility index (Phi) is 10.9. The van der Waals surface area contributed by atoms with Crippen LogP contribution in [0.1, 0.15) is 24.8 Å². The first-order chi connectivity index (χ1) is 10.1. The molecule has 0 radical (unpaired) electrons. The Balaban J connectivity index is 0.00000441. The van der Waals surface area contributed by atoms with E-state index in [9.17, 15) is 8.78 Å². The normalized spacial score (nSPS) is 12.5. The third-order valence-corrected chi connectivity index (χ3v) is 3.20. The summed E-state index contributed by atoms with van der Waals surface area (Å²) in [7, 11) is 3.20. The lowest BCUT2D eigenvalue weighted by Gasteiger charge is -2.15.